The Labute approximate surface area is 314 Å². The van der Waals surface area contributed by atoms with E-state index < -0.39 is 0 Å². The zero-order valence-electron chi connectivity index (χ0n) is 28.9. The molecular weight excluding hydrogens is 679 g/mol. The van der Waals surface area contributed by atoms with Crippen molar-refractivity contribution in [3.05, 3.63) is 176 Å². The van der Waals surface area contributed by atoms with Gasteiger partial charge in [0.1, 0.15) is 11.2 Å². The van der Waals surface area contributed by atoms with Crippen molar-refractivity contribution < 1.29 is 4.42 Å². The molecule has 0 aliphatic carbocycles. The van der Waals surface area contributed by atoms with Crippen molar-refractivity contribution in [3.8, 4) is 56.4 Å². The minimum Gasteiger partial charge on any atom is -0.455 e. The van der Waals surface area contributed by atoms with E-state index in [2.05, 4.69) is 164 Å². The number of para-hydroxylation sites is 1. The van der Waals surface area contributed by atoms with Gasteiger partial charge in [0.15, 0.2) is 17.5 Å². The Bertz CT molecular complexity index is 3220. The van der Waals surface area contributed by atoms with Crippen molar-refractivity contribution in [1.82, 2.24) is 15.0 Å². The molecule has 3 heterocycles. The SMILES string of the molecule is c1ccc(-c2ccccc2-c2nc(-c3ccc4c(c3)sc3ccccc34)nc(-c3cc4c5cccc(-c6ccccc6)c5oc4c4ccccc34)n2)cc1. The molecule has 252 valence electrons. The fourth-order valence-electron chi connectivity index (χ4n) is 7.81. The van der Waals surface area contributed by atoms with Crippen LogP contribution >= 0.6 is 11.3 Å². The molecule has 8 aromatic carbocycles. The van der Waals surface area contributed by atoms with E-state index in [0.29, 0.717) is 17.5 Å². The fourth-order valence-corrected chi connectivity index (χ4v) is 8.95. The maximum Gasteiger partial charge on any atom is 0.164 e. The lowest BCUT2D eigenvalue weighted by molar-refractivity contribution is 0.674. The normalized spacial score (nSPS) is 11.7. The Morgan fingerprint density at radius 1 is 0.315 bits per heavy atom. The number of rotatable bonds is 5. The molecule has 0 N–H and O–H groups in total. The van der Waals surface area contributed by atoms with Crippen LogP contribution in [0.1, 0.15) is 0 Å². The summed E-state index contributed by atoms with van der Waals surface area (Å²) < 4.78 is 9.27. The topological polar surface area (TPSA) is 51.8 Å². The largest absolute Gasteiger partial charge is 0.455 e. The molecule has 0 atom stereocenters. The van der Waals surface area contributed by atoms with E-state index >= 15 is 0 Å². The van der Waals surface area contributed by atoms with Gasteiger partial charge in [-0.05, 0) is 40.3 Å². The lowest BCUT2D eigenvalue weighted by Crippen LogP contribution is -2.01. The molecule has 11 rings (SSSR count). The number of thiophene rings is 1. The van der Waals surface area contributed by atoms with Gasteiger partial charge in [0.25, 0.3) is 0 Å². The second-order valence-corrected chi connectivity index (χ2v) is 14.6. The van der Waals surface area contributed by atoms with Crippen molar-refractivity contribution in [2.75, 3.05) is 0 Å². The summed E-state index contributed by atoms with van der Waals surface area (Å²) in [7, 11) is 0. The maximum absolute atomic E-state index is 6.81. The van der Waals surface area contributed by atoms with Gasteiger partial charge in [-0.1, -0.05) is 158 Å². The first-order valence-corrected chi connectivity index (χ1v) is 18.8. The minimum absolute atomic E-state index is 0.612. The zero-order chi connectivity index (χ0) is 35.6. The summed E-state index contributed by atoms with van der Waals surface area (Å²) >= 11 is 1.79. The quantitative estimate of drug-likeness (QED) is 0.179. The van der Waals surface area contributed by atoms with Crippen LogP contribution in [0.25, 0.3) is 109 Å². The molecule has 0 aliphatic rings. The number of hydrogen-bond donors (Lipinski definition) is 0. The number of aromatic nitrogens is 3. The van der Waals surface area contributed by atoms with Gasteiger partial charge in [-0.2, -0.15) is 0 Å². The third-order valence-corrected chi connectivity index (χ3v) is 11.5. The molecular formula is C49H29N3OS. The fraction of sp³-hybridized carbons (Fsp3) is 0. The highest BCUT2D eigenvalue weighted by molar-refractivity contribution is 7.25. The predicted molar refractivity (Wildman–Crippen MR) is 225 cm³/mol. The van der Waals surface area contributed by atoms with Crippen LogP contribution in [0.3, 0.4) is 0 Å². The van der Waals surface area contributed by atoms with E-state index in [9.17, 15) is 0 Å². The highest BCUT2D eigenvalue weighted by Crippen LogP contribution is 2.43. The van der Waals surface area contributed by atoms with Gasteiger partial charge >= 0.3 is 0 Å². The molecule has 4 nitrogen and oxygen atoms in total. The summed E-state index contributed by atoms with van der Waals surface area (Å²) in [6, 6.07) is 61.4. The number of nitrogens with zero attached hydrogens (tertiary/aromatic N) is 3. The van der Waals surface area contributed by atoms with Crippen molar-refractivity contribution in [2.45, 2.75) is 0 Å². The Kier molecular flexibility index (Phi) is 7.00. The number of fused-ring (bicyclic) bond motifs is 8. The van der Waals surface area contributed by atoms with Crippen molar-refractivity contribution >= 4 is 64.2 Å². The van der Waals surface area contributed by atoms with Gasteiger partial charge < -0.3 is 4.42 Å². The van der Waals surface area contributed by atoms with Crippen LogP contribution in [-0.4, -0.2) is 15.0 Å². The Morgan fingerprint density at radius 3 is 1.67 bits per heavy atom. The molecule has 0 radical (unpaired) electrons. The first-order valence-electron chi connectivity index (χ1n) is 18.0. The number of hydrogen-bond acceptors (Lipinski definition) is 5. The predicted octanol–water partition coefficient (Wildman–Crippen LogP) is 13.6. The molecule has 54 heavy (non-hydrogen) atoms. The number of benzene rings is 8. The molecule has 11 aromatic rings. The zero-order valence-corrected chi connectivity index (χ0v) is 29.7. The van der Waals surface area contributed by atoms with Crippen LogP contribution in [0.2, 0.25) is 0 Å². The third-order valence-electron chi connectivity index (χ3n) is 10.4. The Hall–Kier alpha value is -6.95. The summed E-state index contributed by atoms with van der Waals surface area (Å²) in [5.41, 5.74) is 8.89. The van der Waals surface area contributed by atoms with Crippen molar-refractivity contribution in [1.29, 1.82) is 0 Å². The van der Waals surface area contributed by atoms with E-state index in [4.69, 9.17) is 19.4 Å². The molecule has 0 bridgehead atoms. The van der Waals surface area contributed by atoms with Crippen LogP contribution in [0.15, 0.2) is 180 Å². The summed E-state index contributed by atoms with van der Waals surface area (Å²) in [6.45, 7) is 0. The van der Waals surface area contributed by atoms with Crippen LogP contribution in [0.4, 0.5) is 0 Å². The van der Waals surface area contributed by atoms with Gasteiger partial charge in [-0.3, -0.25) is 0 Å². The molecule has 5 heteroatoms. The van der Waals surface area contributed by atoms with Crippen LogP contribution in [0, 0.1) is 0 Å². The van der Waals surface area contributed by atoms with Crippen molar-refractivity contribution in [3.63, 3.8) is 0 Å². The first-order chi connectivity index (χ1) is 26.8. The highest BCUT2D eigenvalue weighted by atomic mass is 32.1. The molecule has 0 unspecified atom stereocenters. The standard InChI is InChI=1S/C49H29N3OS/c1-3-14-30(15-4-1)33-18-7-10-22-40(33)48-50-47(32-26-27-37-36-20-11-12-25-43(36)54-44(37)28-32)51-49(52-48)42-29-41-39-24-13-23-34(31-16-5-2-6-17-31)45(39)53-46(41)38-21-9-8-19-35(38)42/h1-29H. The van der Waals surface area contributed by atoms with Crippen LogP contribution < -0.4 is 0 Å². The maximum atomic E-state index is 6.81. The van der Waals surface area contributed by atoms with E-state index in [-0.39, 0.29) is 0 Å². The summed E-state index contributed by atoms with van der Waals surface area (Å²) in [4.78, 5) is 15.9. The van der Waals surface area contributed by atoms with Gasteiger partial charge in [0.05, 0.1) is 0 Å². The second kappa shape index (κ2) is 12.3. The molecule has 0 aliphatic heterocycles. The molecule has 0 saturated carbocycles. The summed E-state index contributed by atoms with van der Waals surface area (Å²) in [5, 5.41) is 6.61. The second-order valence-electron chi connectivity index (χ2n) is 13.5. The summed E-state index contributed by atoms with van der Waals surface area (Å²) in [6.07, 6.45) is 0. The average molecular weight is 708 g/mol. The molecule has 3 aromatic heterocycles. The molecule has 0 spiro atoms. The third kappa shape index (κ3) is 4.94. The van der Waals surface area contributed by atoms with Crippen LogP contribution in [-0.2, 0) is 0 Å². The lowest BCUT2D eigenvalue weighted by Gasteiger charge is -2.13. The van der Waals surface area contributed by atoms with E-state index in [1.54, 1.807) is 11.3 Å². The van der Waals surface area contributed by atoms with Gasteiger partial charge in [0.2, 0.25) is 0 Å². The van der Waals surface area contributed by atoms with Crippen molar-refractivity contribution in [2.24, 2.45) is 0 Å². The van der Waals surface area contributed by atoms with Gasteiger partial charge in [-0.25, -0.2) is 15.0 Å². The minimum atomic E-state index is 0.612. The van der Waals surface area contributed by atoms with Crippen LogP contribution in [0.5, 0.6) is 0 Å². The Balaban J connectivity index is 1.19. The summed E-state index contributed by atoms with van der Waals surface area (Å²) in [5.74, 6) is 1.87. The highest BCUT2D eigenvalue weighted by Gasteiger charge is 2.21. The molecule has 0 saturated heterocycles. The van der Waals surface area contributed by atoms with E-state index in [1.807, 2.05) is 12.1 Å². The smallest absolute Gasteiger partial charge is 0.164 e. The van der Waals surface area contributed by atoms with Gasteiger partial charge in [-0.15, -0.1) is 11.3 Å². The average Bonchev–Trinajstić information content (AvgIpc) is 3.82. The number of furan rings is 1. The lowest BCUT2D eigenvalue weighted by atomic mass is 9.97. The van der Waals surface area contributed by atoms with E-state index in [0.717, 1.165) is 71.7 Å². The first kappa shape index (κ1) is 30.7. The van der Waals surface area contributed by atoms with E-state index in [1.165, 1.54) is 20.2 Å². The molecule has 0 amide bonds. The molecule has 0 fully saturated rings. The van der Waals surface area contributed by atoms with Gasteiger partial charge in [0, 0.05) is 58.6 Å². The monoisotopic (exact) mass is 707 g/mol. The Morgan fingerprint density at radius 2 is 0.870 bits per heavy atom.